The number of unbranched alkanes of at least 4 members (excludes halogenated alkanes) is 50. The summed E-state index contributed by atoms with van der Waals surface area (Å²) in [5.74, 6) is -0.481. The Hall–Kier alpha value is -1.51. The van der Waals surface area contributed by atoms with Crippen LogP contribution >= 0.6 is 7.82 Å². The van der Waals surface area contributed by atoms with Crippen LogP contribution in [-0.4, -0.2) is 74.3 Å². The van der Waals surface area contributed by atoms with Gasteiger partial charge in [0.2, 0.25) is 5.91 Å². The molecule has 9 nitrogen and oxygen atoms in total. The van der Waals surface area contributed by atoms with Crippen molar-refractivity contribution in [2.45, 2.75) is 392 Å². The molecule has 2 N–H and O–H groups in total. The Morgan fingerprint density at radius 1 is 0.410 bits per heavy atom. The molecule has 0 spiro atoms. The summed E-state index contributed by atoms with van der Waals surface area (Å²) in [4.78, 5) is 37.9. The van der Waals surface area contributed by atoms with Crippen molar-refractivity contribution in [2.24, 2.45) is 0 Å². The molecule has 0 aliphatic heterocycles. The Kier molecular flexibility index (Phi) is 62.4. The molecule has 0 aliphatic rings. The van der Waals surface area contributed by atoms with Gasteiger partial charge in [-0.1, -0.05) is 334 Å². The zero-order valence-corrected chi connectivity index (χ0v) is 57.4. The third-order valence-corrected chi connectivity index (χ3v) is 17.9. The molecule has 0 bridgehead atoms. The molecule has 0 aromatic rings. The van der Waals surface area contributed by atoms with Crippen molar-refractivity contribution < 1.29 is 37.3 Å². The van der Waals surface area contributed by atoms with Crippen molar-refractivity contribution in [3.63, 3.8) is 0 Å². The van der Waals surface area contributed by atoms with Crippen LogP contribution in [0.5, 0.6) is 0 Å². The van der Waals surface area contributed by atoms with E-state index in [1.165, 1.54) is 289 Å². The quantitative estimate of drug-likeness (QED) is 0.0205. The average Bonchev–Trinajstić information content (AvgIpc) is 3.51. The Morgan fingerprint density at radius 3 is 1.02 bits per heavy atom. The van der Waals surface area contributed by atoms with Gasteiger partial charge in [-0.2, -0.15) is 0 Å². The van der Waals surface area contributed by atoms with Crippen LogP contribution in [-0.2, 0) is 27.9 Å². The molecule has 3 atom stereocenters. The van der Waals surface area contributed by atoms with E-state index in [1.54, 1.807) is 0 Å². The Bertz CT molecular complexity index is 1470. The van der Waals surface area contributed by atoms with E-state index in [1.807, 2.05) is 33.3 Å². The summed E-state index contributed by atoms with van der Waals surface area (Å²) >= 11 is 0. The first-order chi connectivity index (χ1) is 40.4. The predicted octanol–water partition coefficient (Wildman–Crippen LogP) is 23.2. The summed E-state index contributed by atoms with van der Waals surface area (Å²) in [6, 6.07) is -0.843. The van der Waals surface area contributed by atoms with Gasteiger partial charge in [-0.05, 0) is 57.4 Å². The molecule has 0 fully saturated rings. The average molecular weight is 1190 g/mol. The van der Waals surface area contributed by atoms with Crippen LogP contribution in [0.25, 0.3) is 0 Å². The van der Waals surface area contributed by atoms with E-state index in [2.05, 4.69) is 38.2 Å². The van der Waals surface area contributed by atoms with E-state index in [0.29, 0.717) is 23.9 Å². The van der Waals surface area contributed by atoms with Gasteiger partial charge >= 0.3 is 13.8 Å². The minimum atomic E-state index is -4.45. The maximum atomic E-state index is 13.6. The third-order valence-electron chi connectivity index (χ3n) is 16.9. The second kappa shape index (κ2) is 63.5. The highest BCUT2D eigenvalue weighted by Crippen LogP contribution is 2.43. The number of likely N-dealkylation sites (N-methyl/N-ethyl adjacent to an activating group) is 1. The summed E-state index contributed by atoms with van der Waals surface area (Å²) in [6.07, 6.45) is 77.7. The van der Waals surface area contributed by atoms with Crippen molar-refractivity contribution in [1.29, 1.82) is 0 Å². The van der Waals surface area contributed by atoms with Gasteiger partial charge in [-0.3, -0.25) is 18.6 Å². The number of phosphoric ester groups is 1. The number of phosphoric acid groups is 1. The second-order valence-corrected chi connectivity index (χ2v) is 27.9. The number of ether oxygens (including phenoxy) is 1. The number of quaternary nitrogens is 1. The van der Waals surface area contributed by atoms with Crippen molar-refractivity contribution in [2.75, 3.05) is 40.9 Å². The smallest absolute Gasteiger partial charge is 0.456 e. The maximum Gasteiger partial charge on any atom is 0.472 e. The van der Waals surface area contributed by atoms with Crippen molar-refractivity contribution in [3.8, 4) is 0 Å². The van der Waals surface area contributed by atoms with Crippen LogP contribution in [0.15, 0.2) is 24.3 Å². The molecule has 0 rings (SSSR count). The molecule has 83 heavy (non-hydrogen) atoms. The summed E-state index contributed by atoms with van der Waals surface area (Å²) in [7, 11) is 1.52. The van der Waals surface area contributed by atoms with Gasteiger partial charge in [0.05, 0.1) is 33.8 Å². The molecular formula is C73H144N2O7P+. The molecule has 0 radical (unpaired) electrons. The number of nitrogens with zero attached hydrogens (tertiary/aromatic N) is 1. The topological polar surface area (TPSA) is 111 Å². The van der Waals surface area contributed by atoms with Crippen molar-refractivity contribution in [1.82, 2.24) is 5.32 Å². The number of esters is 1. The number of carbonyl (C=O) groups is 2. The van der Waals surface area contributed by atoms with Crippen LogP contribution in [0, 0.1) is 0 Å². The fraction of sp³-hybridized carbons (Fsp3) is 0.918. The van der Waals surface area contributed by atoms with Crippen LogP contribution in [0.3, 0.4) is 0 Å². The number of hydrogen-bond donors (Lipinski definition) is 2. The number of amides is 1. The fourth-order valence-corrected chi connectivity index (χ4v) is 12.0. The highest BCUT2D eigenvalue weighted by molar-refractivity contribution is 7.47. The zero-order valence-electron chi connectivity index (χ0n) is 56.5. The highest BCUT2D eigenvalue weighted by Gasteiger charge is 2.30. The van der Waals surface area contributed by atoms with Gasteiger partial charge in [0.15, 0.2) is 0 Å². The van der Waals surface area contributed by atoms with Gasteiger partial charge in [0.1, 0.15) is 19.3 Å². The van der Waals surface area contributed by atoms with Crippen LogP contribution in [0.1, 0.15) is 380 Å². The molecule has 3 unspecified atom stereocenters. The summed E-state index contributed by atoms with van der Waals surface area (Å²) in [5, 5.41) is 3.08. The van der Waals surface area contributed by atoms with Crippen LogP contribution in [0.4, 0.5) is 0 Å². The summed E-state index contributed by atoms with van der Waals surface area (Å²) in [6.45, 7) is 7.08. The number of hydrogen-bond acceptors (Lipinski definition) is 6. The molecule has 492 valence electrons. The largest absolute Gasteiger partial charge is 0.472 e. The fourth-order valence-electron chi connectivity index (χ4n) is 11.2. The second-order valence-electron chi connectivity index (χ2n) is 26.5. The van der Waals surface area contributed by atoms with Gasteiger partial charge in [0, 0.05) is 12.8 Å². The first-order valence-corrected chi connectivity index (χ1v) is 38.2. The van der Waals surface area contributed by atoms with E-state index in [-0.39, 0.29) is 25.1 Å². The van der Waals surface area contributed by atoms with Gasteiger partial charge < -0.3 is 19.4 Å². The van der Waals surface area contributed by atoms with Crippen molar-refractivity contribution >= 4 is 19.7 Å². The van der Waals surface area contributed by atoms with E-state index in [4.69, 9.17) is 13.8 Å². The Labute approximate surface area is 517 Å². The molecule has 0 aromatic carbocycles. The normalized spacial score (nSPS) is 13.6. The van der Waals surface area contributed by atoms with E-state index < -0.39 is 20.0 Å². The van der Waals surface area contributed by atoms with Crippen LogP contribution in [0.2, 0.25) is 0 Å². The molecule has 0 saturated carbocycles. The van der Waals surface area contributed by atoms with Crippen LogP contribution < -0.4 is 5.32 Å². The summed E-state index contributed by atoms with van der Waals surface area (Å²) < 4.78 is 30.8. The lowest BCUT2D eigenvalue weighted by Crippen LogP contribution is -2.47. The van der Waals surface area contributed by atoms with E-state index in [9.17, 15) is 19.0 Å². The number of nitrogens with one attached hydrogen (secondary N) is 1. The lowest BCUT2D eigenvalue weighted by Gasteiger charge is -2.27. The first kappa shape index (κ1) is 81.5. The number of rotatable bonds is 68. The van der Waals surface area contributed by atoms with E-state index in [0.717, 1.165) is 57.8 Å². The molecule has 10 heteroatoms. The third kappa shape index (κ3) is 64.8. The molecular weight excluding hydrogens is 1050 g/mol. The first-order valence-electron chi connectivity index (χ1n) is 36.7. The standard InChI is InChI=1S/C73H143N2O7P/c1-7-10-13-16-19-22-25-27-29-31-33-35-37-39-41-43-45-47-50-53-56-59-62-65-72(76)74-70(69-81-83(78,79)80-68-67-75(4,5)6)71(64-61-58-55-52-49-24-21-18-15-12-9-3)82-73(77)66-63-60-57-54-51-48-46-44-42-40-38-36-34-32-30-28-26-23-20-17-14-11-8-2/h27,29,61,64,70-71H,7-26,28,30-60,62-63,65-69H2,1-6H3,(H-,74,76,78,79)/p+1/b29-27+,64-61+. The lowest BCUT2D eigenvalue weighted by atomic mass is 10.0. The van der Waals surface area contributed by atoms with E-state index >= 15 is 0 Å². The Morgan fingerprint density at radius 2 is 0.699 bits per heavy atom. The molecule has 0 saturated heterocycles. The SMILES string of the molecule is CCCCCCCC/C=C/CCCCCCCCCCCCCCCC(=O)NC(COP(=O)(O)OCC[N+](C)(C)C)C(/C=C/CCCCCCCCCCC)OC(=O)CCCCCCCCCCCCCCCCCCCCCCCCC. The minimum Gasteiger partial charge on any atom is -0.456 e. The Balaban J connectivity index is 4.96. The molecule has 0 aliphatic carbocycles. The maximum absolute atomic E-state index is 13.6. The zero-order chi connectivity index (χ0) is 60.7. The van der Waals surface area contributed by atoms with Gasteiger partial charge in [-0.15, -0.1) is 0 Å². The highest BCUT2D eigenvalue weighted by atomic mass is 31.2. The number of carbonyl (C=O) groups excluding carboxylic acids is 2. The monoisotopic (exact) mass is 1190 g/mol. The number of allylic oxidation sites excluding steroid dienone is 3. The molecule has 1 amide bonds. The molecule has 0 aromatic heterocycles. The summed E-state index contributed by atoms with van der Waals surface area (Å²) in [5.41, 5.74) is 0. The van der Waals surface area contributed by atoms with Crippen molar-refractivity contribution in [3.05, 3.63) is 24.3 Å². The lowest BCUT2D eigenvalue weighted by molar-refractivity contribution is -0.870. The molecule has 0 heterocycles. The predicted molar refractivity (Wildman–Crippen MR) is 360 cm³/mol. The minimum absolute atomic E-state index is 0.0444. The van der Waals surface area contributed by atoms with Gasteiger partial charge in [0.25, 0.3) is 0 Å². The van der Waals surface area contributed by atoms with Gasteiger partial charge in [-0.25, -0.2) is 4.57 Å².